The van der Waals surface area contributed by atoms with Gasteiger partial charge in [0.1, 0.15) is 17.1 Å². The molecule has 0 amide bonds. The second kappa shape index (κ2) is 7.29. The number of esters is 1. The average Bonchev–Trinajstić information content (AvgIpc) is 2.86. The number of methoxy groups -OCH3 is 1. The molecular formula is C17H28N2O3. The fourth-order valence-electron chi connectivity index (χ4n) is 3.46. The first kappa shape index (κ1) is 17.0. The van der Waals surface area contributed by atoms with Crippen LogP contribution >= 0.6 is 0 Å². The molecule has 5 heteroatoms. The highest BCUT2D eigenvalue weighted by Crippen LogP contribution is 2.24. The molecule has 0 aromatic carbocycles. The maximum Gasteiger partial charge on any atom is 0.341 e. The van der Waals surface area contributed by atoms with Gasteiger partial charge in [0.2, 0.25) is 0 Å². The standard InChI is InChI=1S/C17H28N2O3/c1-6-19-8-7-16(12(2)10-19)18(4)11-14-9-15(13(3)22-14)17(20)21-5/h9,12,16H,6-8,10-11H2,1-5H3/t12-,16+/m0/s1. The van der Waals surface area contributed by atoms with Crippen LogP contribution in [0.15, 0.2) is 10.5 Å². The molecule has 2 atom stereocenters. The predicted molar refractivity (Wildman–Crippen MR) is 85.9 cm³/mol. The first-order valence-electron chi connectivity index (χ1n) is 8.06. The lowest BCUT2D eigenvalue weighted by Crippen LogP contribution is -2.48. The lowest BCUT2D eigenvalue weighted by Gasteiger charge is -2.40. The van der Waals surface area contributed by atoms with E-state index in [0.29, 0.717) is 23.3 Å². The second-order valence-electron chi connectivity index (χ2n) is 6.32. The van der Waals surface area contributed by atoms with E-state index in [1.54, 1.807) is 6.92 Å². The quantitative estimate of drug-likeness (QED) is 0.782. The summed E-state index contributed by atoms with van der Waals surface area (Å²) < 4.78 is 10.5. The van der Waals surface area contributed by atoms with Crippen molar-refractivity contribution in [3.05, 3.63) is 23.2 Å². The second-order valence-corrected chi connectivity index (χ2v) is 6.32. The Kier molecular flexibility index (Phi) is 5.64. The van der Waals surface area contributed by atoms with E-state index in [9.17, 15) is 4.79 Å². The topological polar surface area (TPSA) is 45.9 Å². The van der Waals surface area contributed by atoms with Gasteiger partial charge in [0.15, 0.2) is 0 Å². The van der Waals surface area contributed by atoms with Crippen LogP contribution in [0.5, 0.6) is 0 Å². The number of nitrogens with zero attached hydrogens (tertiary/aromatic N) is 2. The maximum atomic E-state index is 11.7. The van der Waals surface area contributed by atoms with Gasteiger partial charge >= 0.3 is 5.97 Å². The number of carbonyl (C=O) groups excluding carboxylic acids is 1. The summed E-state index contributed by atoms with van der Waals surface area (Å²) in [5.41, 5.74) is 0.528. The minimum atomic E-state index is -0.334. The largest absolute Gasteiger partial charge is 0.465 e. The van der Waals surface area contributed by atoms with Crippen molar-refractivity contribution >= 4 is 5.97 Å². The average molecular weight is 308 g/mol. The van der Waals surface area contributed by atoms with Gasteiger partial charge in [-0.25, -0.2) is 4.79 Å². The summed E-state index contributed by atoms with van der Waals surface area (Å²) in [5, 5.41) is 0. The first-order chi connectivity index (χ1) is 10.5. The zero-order valence-electron chi connectivity index (χ0n) is 14.4. The molecule has 0 N–H and O–H groups in total. The molecule has 124 valence electrons. The van der Waals surface area contributed by atoms with Gasteiger partial charge in [-0.05, 0) is 45.5 Å². The minimum absolute atomic E-state index is 0.334. The van der Waals surface area contributed by atoms with E-state index in [2.05, 4.69) is 30.7 Å². The van der Waals surface area contributed by atoms with Gasteiger partial charge in [-0.2, -0.15) is 0 Å². The summed E-state index contributed by atoms with van der Waals surface area (Å²) in [7, 11) is 3.53. The van der Waals surface area contributed by atoms with Gasteiger partial charge in [0, 0.05) is 12.6 Å². The molecule has 2 rings (SSSR count). The van der Waals surface area contributed by atoms with E-state index in [1.165, 1.54) is 13.5 Å². The summed E-state index contributed by atoms with van der Waals surface area (Å²) in [6.45, 7) is 10.5. The van der Waals surface area contributed by atoms with Gasteiger partial charge in [-0.3, -0.25) is 4.90 Å². The van der Waals surface area contributed by atoms with Crippen molar-refractivity contribution in [3.8, 4) is 0 Å². The molecular weight excluding hydrogens is 280 g/mol. The van der Waals surface area contributed by atoms with Gasteiger partial charge in [0.05, 0.1) is 13.7 Å². The van der Waals surface area contributed by atoms with Crippen molar-refractivity contribution in [2.75, 3.05) is 33.8 Å². The fraction of sp³-hybridized carbons (Fsp3) is 0.706. The number of aryl methyl sites for hydroxylation is 1. The molecule has 0 radical (unpaired) electrons. The number of piperidine rings is 1. The summed E-state index contributed by atoms with van der Waals surface area (Å²) in [6.07, 6.45) is 1.18. The summed E-state index contributed by atoms with van der Waals surface area (Å²) >= 11 is 0. The normalized spacial score (nSPS) is 23.0. The lowest BCUT2D eigenvalue weighted by atomic mass is 9.92. The number of furan rings is 1. The highest BCUT2D eigenvalue weighted by Gasteiger charge is 2.29. The number of hydrogen-bond acceptors (Lipinski definition) is 5. The van der Waals surface area contributed by atoms with E-state index < -0.39 is 0 Å². The number of rotatable bonds is 5. The zero-order valence-corrected chi connectivity index (χ0v) is 14.4. The Hall–Kier alpha value is -1.33. The van der Waals surface area contributed by atoms with Gasteiger partial charge in [0.25, 0.3) is 0 Å². The fourth-order valence-corrected chi connectivity index (χ4v) is 3.46. The summed E-state index contributed by atoms with van der Waals surface area (Å²) in [6, 6.07) is 2.36. The van der Waals surface area contributed by atoms with Gasteiger partial charge < -0.3 is 14.1 Å². The smallest absolute Gasteiger partial charge is 0.341 e. The molecule has 1 aliphatic rings. The van der Waals surface area contributed by atoms with E-state index in [0.717, 1.165) is 31.9 Å². The van der Waals surface area contributed by atoms with Crippen LogP contribution < -0.4 is 0 Å². The Morgan fingerprint density at radius 2 is 2.27 bits per heavy atom. The molecule has 1 aliphatic heterocycles. The lowest BCUT2D eigenvalue weighted by molar-refractivity contribution is 0.0599. The van der Waals surface area contributed by atoms with Crippen LogP contribution in [-0.4, -0.2) is 55.6 Å². The monoisotopic (exact) mass is 308 g/mol. The Morgan fingerprint density at radius 1 is 1.55 bits per heavy atom. The van der Waals surface area contributed by atoms with Crippen LogP contribution in [0, 0.1) is 12.8 Å². The molecule has 5 nitrogen and oxygen atoms in total. The third-order valence-electron chi connectivity index (χ3n) is 4.74. The third kappa shape index (κ3) is 3.70. The Morgan fingerprint density at radius 3 is 2.86 bits per heavy atom. The molecule has 0 saturated carbocycles. The summed E-state index contributed by atoms with van der Waals surface area (Å²) in [4.78, 5) is 16.5. The van der Waals surface area contributed by atoms with Crippen molar-refractivity contribution < 1.29 is 13.9 Å². The maximum absolute atomic E-state index is 11.7. The van der Waals surface area contributed by atoms with E-state index >= 15 is 0 Å². The number of hydrogen-bond donors (Lipinski definition) is 0. The molecule has 1 aromatic heterocycles. The SMILES string of the molecule is CCN1CC[C@@H](N(C)Cc2cc(C(=O)OC)c(C)o2)[C@@H](C)C1. The molecule has 0 aliphatic carbocycles. The predicted octanol–water partition coefficient (Wildman–Crippen LogP) is 2.54. The van der Waals surface area contributed by atoms with Crippen LogP contribution in [-0.2, 0) is 11.3 Å². The van der Waals surface area contributed by atoms with Crippen LogP contribution in [0.3, 0.4) is 0 Å². The molecule has 0 spiro atoms. The first-order valence-corrected chi connectivity index (χ1v) is 8.06. The molecule has 22 heavy (non-hydrogen) atoms. The third-order valence-corrected chi connectivity index (χ3v) is 4.74. The number of carbonyl (C=O) groups is 1. The molecule has 0 unspecified atom stereocenters. The molecule has 1 saturated heterocycles. The number of likely N-dealkylation sites (tertiary alicyclic amines) is 1. The minimum Gasteiger partial charge on any atom is -0.465 e. The Labute approximate surface area is 133 Å². The highest BCUT2D eigenvalue weighted by molar-refractivity contribution is 5.90. The van der Waals surface area contributed by atoms with Crippen LogP contribution in [0.1, 0.15) is 42.1 Å². The molecule has 2 heterocycles. The van der Waals surface area contributed by atoms with Crippen LogP contribution in [0.25, 0.3) is 0 Å². The summed E-state index contributed by atoms with van der Waals surface area (Å²) in [5.74, 6) is 1.75. The van der Waals surface area contributed by atoms with Crippen molar-refractivity contribution in [3.63, 3.8) is 0 Å². The number of ether oxygens (including phenoxy) is 1. The van der Waals surface area contributed by atoms with Crippen LogP contribution in [0.4, 0.5) is 0 Å². The van der Waals surface area contributed by atoms with Crippen molar-refractivity contribution in [1.29, 1.82) is 0 Å². The molecule has 0 bridgehead atoms. The van der Waals surface area contributed by atoms with Crippen molar-refractivity contribution in [1.82, 2.24) is 9.80 Å². The van der Waals surface area contributed by atoms with Crippen molar-refractivity contribution in [2.24, 2.45) is 5.92 Å². The van der Waals surface area contributed by atoms with Gasteiger partial charge in [-0.15, -0.1) is 0 Å². The van der Waals surface area contributed by atoms with Crippen LogP contribution in [0.2, 0.25) is 0 Å². The Balaban J connectivity index is 2.00. The van der Waals surface area contributed by atoms with Crippen molar-refractivity contribution in [2.45, 2.75) is 39.8 Å². The zero-order chi connectivity index (χ0) is 16.3. The van der Waals surface area contributed by atoms with Gasteiger partial charge in [-0.1, -0.05) is 13.8 Å². The molecule has 1 aromatic rings. The molecule has 1 fully saturated rings. The van der Waals surface area contributed by atoms with E-state index in [1.807, 2.05) is 6.07 Å². The van der Waals surface area contributed by atoms with E-state index in [4.69, 9.17) is 9.15 Å². The van der Waals surface area contributed by atoms with E-state index in [-0.39, 0.29) is 5.97 Å². The highest BCUT2D eigenvalue weighted by atomic mass is 16.5. The Bertz CT molecular complexity index is 512.